The van der Waals surface area contributed by atoms with E-state index in [0.717, 1.165) is 23.6 Å². The predicted octanol–water partition coefficient (Wildman–Crippen LogP) is 3.74. The number of nitrogens with zero attached hydrogens (tertiary/aromatic N) is 2. The summed E-state index contributed by atoms with van der Waals surface area (Å²) in [6.45, 7) is 7.11. The zero-order valence-corrected chi connectivity index (χ0v) is 13.3. The number of benzene rings is 1. The molecule has 110 valence electrons. The fourth-order valence-electron chi connectivity index (χ4n) is 2.47. The first-order valence-corrected chi connectivity index (χ1v) is 7.52. The van der Waals surface area contributed by atoms with E-state index in [-0.39, 0.29) is 12.1 Å². The number of nitriles is 1. The standard InChI is InChI=1S/C16H24ClN3/c1-4-15(19)16(13-6-8-14(17)9-7-13)20(12(2)3)11-5-10-18/h6-9,12,15-16H,4-5,11,19H2,1-3H3. The Morgan fingerprint density at radius 2 is 1.90 bits per heavy atom. The molecule has 0 aliphatic carbocycles. The lowest BCUT2D eigenvalue weighted by Gasteiger charge is -2.38. The molecule has 0 spiro atoms. The van der Waals surface area contributed by atoms with Gasteiger partial charge < -0.3 is 5.73 Å². The van der Waals surface area contributed by atoms with Crippen molar-refractivity contribution in [3.8, 4) is 6.07 Å². The van der Waals surface area contributed by atoms with E-state index in [2.05, 4.69) is 31.7 Å². The predicted molar refractivity (Wildman–Crippen MR) is 84.5 cm³/mol. The molecule has 4 heteroatoms. The van der Waals surface area contributed by atoms with E-state index in [9.17, 15) is 0 Å². The van der Waals surface area contributed by atoms with Crippen molar-refractivity contribution in [2.24, 2.45) is 5.73 Å². The molecular weight excluding hydrogens is 270 g/mol. The van der Waals surface area contributed by atoms with Gasteiger partial charge in [-0.1, -0.05) is 30.7 Å². The highest BCUT2D eigenvalue weighted by molar-refractivity contribution is 6.30. The molecule has 2 atom stereocenters. The van der Waals surface area contributed by atoms with Crippen molar-refractivity contribution in [1.82, 2.24) is 4.90 Å². The van der Waals surface area contributed by atoms with Crippen molar-refractivity contribution < 1.29 is 0 Å². The molecule has 0 aliphatic rings. The van der Waals surface area contributed by atoms with Gasteiger partial charge in [0.2, 0.25) is 0 Å². The Morgan fingerprint density at radius 1 is 1.30 bits per heavy atom. The average molecular weight is 294 g/mol. The van der Waals surface area contributed by atoms with E-state index in [1.165, 1.54) is 0 Å². The highest BCUT2D eigenvalue weighted by Crippen LogP contribution is 2.28. The van der Waals surface area contributed by atoms with Crippen LogP contribution in [0.1, 0.15) is 45.2 Å². The van der Waals surface area contributed by atoms with Gasteiger partial charge in [-0.3, -0.25) is 4.90 Å². The van der Waals surface area contributed by atoms with Gasteiger partial charge in [-0.2, -0.15) is 5.26 Å². The summed E-state index contributed by atoms with van der Waals surface area (Å²) >= 11 is 5.97. The summed E-state index contributed by atoms with van der Waals surface area (Å²) in [5.74, 6) is 0. The first kappa shape index (κ1) is 17.0. The Morgan fingerprint density at radius 3 is 2.35 bits per heavy atom. The molecule has 0 saturated heterocycles. The molecule has 0 fully saturated rings. The molecule has 0 amide bonds. The van der Waals surface area contributed by atoms with Crippen molar-refractivity contribution in [2.75, 3.05) is 6.54 Å². The lowest BCUT2D eigenvalue weighted by Crippen LogP contribution is -2.44. The third kappa shape index (κ3) is 4.49. The van der Waals surface area contributed by atoms with Crippen molar-refractivity contribution >= 4 is 11.6 Å². The zero-order chi connectivity index (χ0) is 15.1. The minimum atomic E-state index is 0.0391. The Hall–Kier alpha value is -1.08. The largest absolute Gasteiger partial charge is 0.326 e. The van der Waals surface area contributed by atoms with E-state index in [4.69, 9.17) is 22.6 Å². The number of rotatable bonds is 7. The molecular formula is C16H24ClN3. The van der Waals surface area contributed by atoms with Crippen LogP contribution in [0.15, 0.2) is 24.3 Å². The summed E-state index contributed by atoms with van der Waals surface area (Å²) in [6.07, 6.45) is 1.40. The minimum absolute atomic E-state index is 0.0391. The smallest absolute Gasteiger partial charge is 0.0635 e. The van der Waals surface area contributed by atoms with Gasteiger partial charge in [0.15, 0.2) is 0 Å². The summed E-state index contributed by atoms with van der Waals surface area (Å²) in [4.78, 5) is 2.31. The maximum absolute atomic E-state index is 8.86. The quantitative estimate of drug-likeness (QED) is 0.833. The minimum Gasteiger partial charge on any atom is -0.326 e. The van der Waals surface area contributed by atoms with Gasteiger partial charge in [0.25, 0.3) is 0 Å². The van der Waals surface area contributed by atoms with E-state index in [0.29, 0.717) is 12.5 Å². The third-order valence-electron chi connectivity index (χ3n) is 3.59. The van der Waals surface area contributed by atoms with Crippen molar-refractivity contribution in [3.05, 3.63) is 34.9 Å². The third-order valence-corrected chi connectivity index (χ3v) is 3.84. The Bertz CT molecular complexity index is 436. The molecule has 1 aromatic rings. The molecule has 1 aromatic carbocycles. The number of hydrogen-bond acceptors (Lipinski definition) is 3. The summed E-state index contributed by atoms with van der Waals surface area (Å²) in [7, 11) is 0. The first-order valence-electron chi connectivity index (χ1n) is 7.15. The fourth-order valence-corrected chi connectivity index (χ4v) is 2.59. The van der Waals surface area contributed by atoms with Gasteiger partial charge in [-0.05, 0) is 38.0 Å². The van der Waals surface area contributed by atoms with Crippen LogP contribution < -0.4 is 5.73 Å². The molecule has 0 aliphatic heterocycles. The van der Waals surface area contributed by atoms with Gasteiger partial charge in [0.05, 0.1) is 12.1 Å². The topological polar surface area (TPSA) is 53.0 Å². The van der Waals surface area contributed by atoms with E-state index in [1.54, 1.807) is 0 Å². The molecule has 0 radical (unpaired) electrons. The molecule has 2 unspecified atom stereocenters. The Labute approximate surface area is 127 Å². The monoisotopic (exact) mass is 293 g/mol. The van der Waals surface area contributed by atoms with Crippen LogP contribution in [-0.2, 0) is 0 Å². The first-order chi connectivity index (χ1) is 9.51. The lowest BCUT2D eigenvalue weighted by molar-refractivity contribution is 0.133. The van der Waals surface area contributed by atoms with Gasteiger partial charge in [-0.25, -0.2) is 0 Å². The SMILES string of the molecule is CCC(N)C(c1ccc(Cl)cc1)N(CCC#N)C(C)C. The van der Waals surface area contributed by atoms with Crippen molar-refractivity contribution in [2.45, 2.75) is 51.7 Å². The number of nitrogens with two attached hydrogens (primary N) is 1. The maximum Gasteiger partial charge on any atom is 0.0635 e. The number of hydrogen-bond donors (Lipinski definition) is 1. The van der Waals surface area contributed by atoms with Crippen LogP contribution in [0.2, 0.25) is 5.02 Å². The fraction of sp³-hybridized carbons (Fsp3) is 0.562. The van der Waals surface area contributed by atoms with Crippen LogP contribution >= 0.6 is 11.6 Å². The van der Waals surface area contributed by atoms with E-state index < -0.39 is 0 Å². The highest BCUT2D eigenvalue weighted by Gasteiger charge is 2.27. The summed E-state index contributed by atoms with van der Waals surface area (Å²) in [5, 5.41) is 9.58. The molecule has 0 bridgehead atoms. The average Bonchev–Trinajstić information content (AvgIpc) is 2.43. The Balaban J connectivity index is 3.09. The van der Waals surface area contributed by atoms with Gasteiger partial charge in [-0.15, -0.1) is 0 Å². The lowest BCUT2D eigenvalue weighted by atomic mass is 9.95. The van der Waals surface area contributed by atoms with E-state index >= 15 is 0 Å². The van der Waals surface area contributed by atoms with Crippen LogP contribution in [0, 0.1) is 11.3 Å². The molecule has 0 heterocycles. The van der Waals surface area contributed by atoms with Crippen LogP contribution in [0.3, 0.4) is 0 Å². The second-order valence-corrected chi connectivity index (χ2v) is 5.74. The van der Waals surface area contributed by atoms with Crippen LogP contribution in [0.4, 0.5) is 0 Å². The summed E-state index contributed by atoms with van der Waals surface area (Å²) < 4.78 is 0. The summed E-state index contributed by atoms with van der Waals surface area (Å²) in [5.41, 5.74) is 7.50. The summed E-state index contributed by atoms with van der Waals surface area (Å²) in [6, 6.07) is 10.6. The van der Waals surface area contributed by atoms with Crippen LogP contribution in [0.25, 0.3) is 0 Å². The van der Waals surface area contributed by atoms with Gasteiger partial charge in [0.1, 0.15) is 0 Å². The zero-order valence-electron chi connectivity index (χ0n) is 12.5. The van der Waals surface area contributed by atoms with Crippen molar-refractivity contribution in [1.29, 1.82) is 5.26 Å². The van der Waals surface area contributed by atoms with Crippen molar-refractivity contribution in [3.63, 3.8) is 0 Å². The molecule has 3 nitrogen and oxygen atoms in total. The molecule has 20 heavy (non-hydrogen) atoms. The molecule has 2 N–H and O–H groups in total. The molecule has 0 aromatic heterocycles. The Kier molecular flexibility index (Phi) is 7.01. The van der Waals surface area contributed by atoms with Gasteiger partial charge in [0, 0.05) is 30.1 Å². The second kappa shape index (κ2) is 8.26. The second-order valence-electron chi connectivity index (χ2n) is 5.31. The maximum atomic E-state index is 8.86. The van der Waals surface area contributed by atoms with Crippen LogP contribution in [0.5, 0.6) is 0 Å². The van der Waals surface area contributed by atoms with Gasteiger partial charge >= 0.3 is 0 Å². The van der Waals surface area contributed by atoms with Crippen LogP contribution in [-0.4, -0.2) is 23.5 Å². The van der Waals surface area contributed by atoms with E-state index in [1.807, 2.05) is 24.3 Å². The normalized spacial score (nSPS) is 14.3. The molecule has 0 saturated carbocycles. The highest BCUT2D eigenvalue weighted by atomic mass is 35.5. The molecule has 1 rings (SSSR count). The number of halogens is 1.